The first kappa shape index (κ1) is 14.3. The van der Waals surface area contributed by atoms with E-state index in [1.54, 1.807) is 12.4 Å². The van der Waals surface area contributed by atoms with Crippen molar-refractivity contribution >= 4 is 0 Å². The van der Waals surface area contributed by atoms with Gasteiger partial charge in [0.25, 0.3) is 0 Å². The molecule has 0 aromatic carbocycles. The largest absolute Gasteiger partial charge is 0.489 e. The molecule has 0 saturated heterocycles. The summed E-state index contributed by atoms with van der Waals surface area (Å²) < 4.78 is 5.68. The quantitative estimate of drug-likeness (QED) is 0.907. The lowest BCUT2D eigenvalue weighted by Crippen LogP contribution is -2.39. The number of rotatable bonds is 3. The first-order chi connectivity index (χ1) is 8.91. The summed E-state index contributed by atoms with van der Waals surface area (Å²) in [5, 5.41) is 11.0. The van der Waals surface area contributed by atoms with Crippen LogP contribution in [0.15, 0.2) is 18.5 Å². The maximum Gasteiger partial charge on any atom is 0.138 e. The van der Waals surface area contributed by atoms with Crippen LogP contribution in [0.2, 0.25) is 0 Å². The standard InChI is InChI=1S/C16H25NO2/c1-11(2)19-15-7-14(9-17-10-15)16(18)8-12(3)5-6-13(16)4/h7,9-13,18H,5-6,8H2,1-4H3. The molecule has 0 radical (unpaired) electrons. The fourth-order valence-corrected chi connectivity index (χ4v) is 3.00. The summed E-state index contributed by atoms with van der Waals surface area (Å²) in [5.74, 6) is 1.56. The normalized spacial score (nSPS) is 31.5. The number of aliphatic hydroxyl groups is 1. The minimum absolute atomic E-state index is 0.120. The SMILES string of the molecule is CC1CCC(C)C(O)(c2cncc(OC(C)C)c2)C1. The number of nitrogens with zero attached hydrogens (tertiary/aromatic N) is 1. The molecule has 1 fully saturated rings. The zero-order valence-electron chi connectivity index (χ0n) is 12.4. The number of hydrogen-bond acceptors (Lipinski definition) is 3. The van der Waals surface area contributed by atoms with Crippen LogP contribution < -0.4 is 4.74 Å². The van der Waals surface area contributed by atoms with E-state index in [0.717, 1.165) is 24.2 Å². The van der Waals surface area contributed by atoms with Gasteiger partial charge in [0, 0.05) is 11.8 Å². The highest BCUT2D eigenvalue weighted by atomic mass is 16.5. The summed E-state index contributed by atoms with van der Waals surface area (Å²) >= 11 is 0. The van der Waals surface area contributed by atoms with Gasteiger partial charge in [-0.2, -0.15) is 0 Å². The Bertz CT molecular complexity index is 433. The minimum atomic E-state index is -0.763. The Kier molecular flexibility index (Phi) is 4.14. The van der Waals surface area contributed by atoms with Crippen LogP contribution in [0.4, 0.5) is 0 Å². The Balaban J connectivity index is 2.28. The topological polar surface area (TPSA) is 42.4 Å². The molecule has 1 aromatic heterocycles. The molecule has 19 heavy (non-hydrogen) atoms. The van der Waals surface area contributed by atoms with E-state index in [4.69, 9.17) is 4.74 Å². The second kappa shape index (κ2) is 5.49. The number of ether oxygens (including phenoxy) is 1. The maximum atomic E-state index is 11.0. The van der Waals surface area contributed by atoms with E-state index in [0.29, 0.717) is 5.92 Å². The zero-order chi connectivity index (χ0) is 14.0. The lowest BCUT2D eigenvalue weighted by atomic mass is 9.69. The van der Waals surface area contributed by atoms with Gasteiger partial charge in [0.2, 0.25) is 0 Å². The first-order valence-corrected chi connectivity index (χ1v) is 7.26. The molecule has 106 valence electrons. The van der Waals surface area contributed by atoms with Gasteiger partial charge >= 0.3 is 0 Å². The van der Waals surface area contributed by atoms with Crippen LogP contribution in [-0.4, -0.2) is 16.2 Å². The molecule has 1 aromatic rings. The molecule has 1 N–H and O–H groups in total. The molecule has 1 aliphatic carbocycles. The summed E-state index contributed by atoms with van der Waals surface area (Å²) in [5.41, 5.74) is 0.130. The van der Waals surface area contributed by atoms with Crippen molar-refractivity contribution in [1.82, 2.24) is 4.98 Å². The van der Waals surface area contributed by atoms with Crippen LogP contribution in [0.25, 0.3) is 0 Å². The molecule has 1 heterocycles. The summed E-state index contributed by atoms with van der Waals surface area (Å²) in [6.45, 7) is 8.32. The van der Waals surface area contributed by atoms with E-state index in [-0.39, 0.29) is 12.0 Å². The van der Waals surface area contributed by atoms with Gasteiger partial charge in [-0.1, -0.05) is 20.3 Å². The summed E-state index contributed by atoms with van der Waals surface area (Å²) in [4.78, 5) is 4.23. The van der Waals surface area contributed by atoms with Gasteiger partial charge in [-0.05, 0) is 44.6 Å². The predicted octanol–water partition coefficient (Wildman–Crippen LogP) is 3.51. The van der Waals surface area contributed by atoms with Gasteiger partial charge < -0.3 is 9.84 Å². The number of pyridine rings is 1. The monoisotopic (exact) mass is 263 g/mol. The van der Waals surface area contributed by atoms with Gasteiger partial charge in [0.05, 0.1) is 17.9 Å². The van der Waals surface area contributed by atoms with E-state index in [9.17, 15) is 5.11 Å². The van der Waals surface area contributed by atoms with Crippen molar-refractivity contribution in [2.45, 2.75) is 58.7 Å². The van der Waals surface area contributed by atoms with Crippen LogP contribution in [0.5, 0.6) is 5.75 Å². The third-order valence-corrected chi connectivity index (χ3v) is 4.15. The molecule has 0 amide bonds. The van der Waals surface area contributed by atoms with Crippen molar-refractivity contribution < 1.29 is 9.84 Å². The Hall–Kier alpha value is -1.09. The number of aromatic nitrogens is 1. The molecule has 3 heteroatoms. The van der Waals surface area contributed by atoms with Crippen molar-refractivity contribution in [2.24, 2.45) is 11.8 Å². The molecule has 1 aliphatic rings. The van der Waals surface area contributed by atoms with Gasteiger partial charge in [0.15, 0.2) is 0 Å². The highest BCUT2D eigenvalue weighted by Gasteiger charge is 2.40. The van der Waals surface area contributed by atoms with Crippen LogP contribution >= 0.6 is 0 Å². The van der Waals surface area contributed by atoms with E-state index in [1.807, 2.05) is 19.9 Å². The van der Waals surface area contributed by atoms with Crippen molar-refractivity contribution in [3.8, 4) is 5.75 Å². The zero-order valence-corrected chi connectivity index (χ0v) is 12.4. The summed E-state index contributed by atoms with van der Waals surface area (Å²) in [6, 6.07) is 1.95. The van der Waals surface area contributed by atoms with E-state index < -0.39 is 5.60 Å². The lowest BCUT2D eigenvalue weighted by Gasteiger charge is -2.41. The van der Waals surface area contributed by atoms with Crippen molar-refractivity contribution in [1.29, 1.82) is 0 Å². The predicted molar refractivity (Wildman–Crippen MR) is 76.1 cm³/mol. The lowest BCUT2D eigenvalue weighted by molar-refractivity contribution is -0.0631. The molecule has 0 aliphatic heterocycles. The fraction of sp³-hybridized carbons (Fsp3) is 0.688. The van der Waals surface area contributed by atoms with Crippen LogP contribution in [0, 0.1) is 11.8 Å². The molecule has 0 bridgehead atoms. The highest BCUT2D eigenvalue weighted by Crippen LogP contribution is 2.44. The molecular formula is C16H25NO2. The van der Waals surface area contributed by atoms with Crippen LogP contribution in [0.1, 0.15) is 52.5 Å². The van der Waals surface area contributed by atoms with Gasteiger partial charge in [0.1, 0.15) is 5.75 Å². The second-order valence-electron chi connectivity index (χ2n) is 6.29. The fourth-order valence-electron chi connectivity index (χ4n) is 3.00. The molecule has 0 spiro atoms. The minimum Gasteiger partial charge on any atom is -0.489 e. The third kappa shape index (κ3) is 3.08. The third-order valence-electron chi connectivity index (χ3n) is 4.15. The first-order valence-electron chi connectivity index (χ1n) is 7.26. The van der Waals surface area contributed by atoms with E-state index in [2.05, 4.69) is 18.8 Å². The Labute approximate surface area is 116 Å². The molecule has 3 unspecified atom stereocenters. The van der Waals surface area contributed by atoms with Gasteiger partial charge in [-0.25, -0.2) is 0 Å². The highest BCUT2D eigenvalue weighted by molar-refractivity contribution is 5.29. The van der Waals surface area contributed by atoms with Gasteiger partial charge in [-0.3, -0.25) is 4.98 Å². The van der Waals surface area contributed by atoms with Crippen molar-refractivity contribution in [3.05, 3.63) is 24.0 Å². The Morgan fingerprint density at radius 3 is 2.74 bits per heavy atom. The van der Waals surface area contributed by atoms with E-state index >= 15 is 0 Å². The molecule has 2 rings (SSSR count). The summed E-state index contributed by atoms with van der Waals surface area (Å²) in [7, 11) is 0. The molecule has 1 saturated carbocycles. The maximum absolute atomic E-state index is 11.0. The smallest absolute Gasteiger partial charge is 0.138 e. The molecular weight excluding hydrogens is 238 g/mol. The van der Waals surface area contributed by atoms with E-state index in [1.165, 1.54) is 6.42 Å². The average molecular weight is 263 g/mol. The van der Waals surface area contributed by atoms with Gasteiger partial charge in [-0.15, -0.1) is 0 Å². The van der Waals surface area contributed by atoms with Crippen molar-refractivity contribution in [3.63, 3.8) is 0 Å². The second-order valence-corrected chi connectivity index (χ2v) is 6.29. The van der Waals surface area contributed by atoms with Crippen molar-refractivity contribution in [2.75, 3.05) is 0 Å². The molecule has 3 atom stereocenters. The Morgan fingerprint density at radius 2 is 2.05 bits per heavy atom. The summed E-state index contributed by atoms with van der Waals surface area (Å²) in [6.07, 6.45) is 6.67. The Morgan fingerprint density at radius 1 is 1.32 bits per heavy atom. The number of hydrogen-bond donors (Lipinski definition) is 1. The van der Waals surface area contributed by atoms with Crippen LogP contribution in [0.3, 0.4) is 0 Å². The molecule has 3 nitrogen and oxygen atoms in total. The van der Waals surface area contributed by atoms with Crippen LogP contribution in [-0.2, 0) is 5.60 Å². The average Bonchev–Trinajstić information content (AvgIpc) is 2.34.